The molecule has 0 spiro atoms. The Morgan fingerprint density at radius 1 is 0.472 bits per heavy atom. The maximum Gasteiger partial charge on any atom is 0.210 e. The molecule has 0 heterocycles. The van der Waals surface area contributed by atoms with Crippen LogP contribution in [0.4, 0.5) is 0 Å². The van der Waals surface area contributed by atoms with Gasteiger partial charge in [-0.15, -0.1) is 0 Å². The molecule has 0 aromatic heterocycles. The first kappa shape index (κ1) is 24.4. The van der Waals surface area contributed by atoms with Crippen LogP contribution in [0.25, 0.3) is 0 Å². The van der Waals surface area contributed by atoms with Crippen molar-refractivity contribution >= 4 is 0 Å². The summed E-state index contributed by atoms with van der Waals surface area (Å²) in [4.78, 5) is 0. The van der Waals surface area contributed by atoms with Crippen LogP contribution >= 0.6 is 0 Å². The van der Waals surface area contributed by atoms with Gasteiger partial charge >= 0.3 is 0 Å². The Morgan fingerprint density at radius 2 is 1.11 bits per heavy atom. The number of aromatic hydroxyl groups is 7. The van der Waals surface area contributed by atoms with Crippen molar-refractivity contribution in [3.8, 4) is 51.7 Å². The number of hydrogen-bond acceptors (Lipinski definition) is 8. The zero-order valence-electron chi connectivity index (χ0n) is 19.2. The molecule has 4 aromatic carbocycles. The fraction of sp³-hybridized carbons (Fsp3) is 0.143. The predicted molar refractivity (Wildman–Crippen MR) is 132 cm³/mol. The molecule has 0 aliphatic carbocycles. The Balaban J connectivity index is 1.49. The Hall–Kier alpha value is -4.72. The highest BCUT2D eigenvalue weighted by Crippen LogP contribution is 2.44. The van der Waals surface area contributed by atoms with Crippen LogP contribution in [0, 0.1) is 0 Å². The smallest absolute Gasteiger partial charge is 0.210 e. The van der Waals surface area contributed by atoms with Gasteiger partial charge in [-0.25, -0.2) is 0 Å². The van der Waals surface area contributed by atoms with Gasteiger partial charge in [0.05, 0.1) is 0 Å². The van der Waals surface area contributed by atoms with E-state index in [1.54, 1.807) is 24.3 Å². The largest absolute Gasteiger partial charge is 0.508 e. The molecule has 186 valence electrons. The van der Waals surface area contributed by atoms with Crippen LogP contribution in [0.5, 0.6) is 51.7 Å². The van der Waals surface area contributed by atoms with Crippen molar-refractivity contribution in [2.45, 2.75) is 25.7 Å². The van der Waals surface area contributed by atoms with Crippen LogP contribution in [0.2, 0.25) is 0 Å². The molecule has 8 heteroatoms. The summed E-state index contributed by atoms with van der Waals surface area (Å²) in [6.07, 6.45) is 1.80. The van der Waals surface area contributed by atoms with Gasteiger partial charge in [-0.2, -0.15) is 0 Å². The van der Waals surface area contributed by atoms with Gasteiger partial charge in [-0.1, -0.05) is 18.2 Å². The summed E-state index contributed by atoms with van der Waals surface area (Å²) in [6, 6.07) is 16.7. The van der Waals surface area contributed by atoms with E-state index in [1.165, 1.54) is 30.3 Å². The van der Waals surface area contributed by atoms with Gasteiger partial charge in [-0.05, 0) is 90.4 Å². The molecule has 0 saturated carbocycles. The van der Waals surface area contributed by atoms with Crippen LogP contribution in [0.15, 0.2) is 66.7 Å². The van der Waals surface area contributed by atoms with Crippen molar-refractivity contribution < 1.29 is 40.5 Å². The number of benzene rings is 4. The molecule has 4 aromatic rings. The molecule has 0 unspecified atom stereocenters. The zero-order valence-corrected chi connectivity index (χ0v) is 19.2. The maximum atomic E-state index is 10.5. The lowest BCUT2D eigenvalue weighted by molar-refractivity contribution is 0.357. The van der Waals surface area contributed by atoms with Crippen LogP contribution in [-0.4, -0.2) is 35.7 Å². The van der Waals surface area contributed by atoms with E-state index in [9.17, 15) is 35.7 Å². The predicted octanol–water partition coefficient (Wildman–Crippen LogP) is 4.99. The second-order valence-corrected chi connectivity index (χ2v) is 8.51. The van der Waals surface area contributed by atoms with E-state index >= 15 is 0 Å². The molecule has 0 bridgehead atoms. The quantitative estimate of drug-likeness (QED) is 0.171. The molecular formula is C28H26O8. The number of ether oxygens (including phenoxy) is 1. The molecule has 0 aliphatic rings. The molecule has 4 rings (SSSR count). The summed E-state index contributed by atoms with van der Waals surface area (Å²) in [7, 11) is 0. The van der Waals surface area contributed by atoms with Crippen LogP contribution in [0.1, 0.15) is 22.3 Å². The highest BCUT2D eigenvalue weighted by atomic mass is 16.5. The number of rotatable bonds is 8. The monoisotopic (exact) mass is 490 g/mol. The highest BCUT2D eigenvalue weighted by Gasteiger charge is 2.17. The molecule has 0 atom stereocenters. The summed E-state index contributed by atoms with van der Waals surface area (Å²) in [5.74, 6) is -1.79. The van der Waals surface area contributed by atoms with Crippen molar-refractivity contribution in [2.24, 2.45) is 0 Å². The second-order valence-electron chi connectivity index (χ2n) is 8.51. The van der Waals surface area contributed by atoms with Crippen molar-refractivity contribution in [2.75, 3.05) is 0 Å². The van der Waals surface area contributed by atoms with Gasteiger partial charge in [0.1, 0.15) is 11.5 Å². The van der Waals surface area contributed by atoms with Gasteiger partial charge in [0, 0.05) is 6.07 Å². The lowest BCUT2D eigenvalue weighted by Gasteiger charge is -2.14. The number of aryl methyl sites for hydroxylation is 4. The fourth-order valence-corrected chi connectivity index (χ4v) is 3.90. The Kier molecular flexibility index (Phi) is 6.96. The standard InChI is InChI=1S/C28H26O8/c29-20-3-1-2-16(10-20)6-8-19-14-27(24(33)15-22(19)31)36-28-25(34)12-18(13-26(28)35)5-4-17-7-9-21(30)23(32)11-17/h1-3,7,9-15,29-35H,4-6,8H2. The summed E-state index contributed by atoms with van der Waals surface area (Å²) in [5.41, 5.74) is 2.70. The van der Waals surface area contributed by atoms with Crippen LogP contribution < -0.4 is 4.74 Å². The maximum absolute atomic E-state index is 10.5. The third-order valence-corrected chi connectivity index (χ3v) is 5.82. The molecule has 36 heavy (non-hydrogen) atoms. The van der Waals surface area contributed by atoms with Gasteiger partial charge < -0.3 is 40.5 Å². The summed E-state index contributed by atoms with van der Waals surface area (Å²) in [6.45, 7) is 0. The molecule has 0 fully saturated rings. The summed E-state index contributed by atoms with van der Waals surface area (Å²) >= 11 is 0. The van der Waals surface area contributed by atoms with Gasteiger partial charge in [0.15, 0.2) is 34.5 Å². The van der Waals surface area contributed by atoms with Crippen molar-refractivity contribution in [1.29, 1.82) is 0 Å². The summed E-state index contributed by atoms with van der Waals surface area (Å²) in [5, 5.41) is 70.2. The normalized spacial score (nSPS) is 10.9. The molecule has 8 nitrogen and oxygen atoms in total. The second kappa shape index (κ2) is 10.3. The summed E-state index contributed by atoms with van der Waals surface area (Å²) < 4.78 is 5.62. The van der Waals surface area contributed by atoms with E-state index in [1.807, 2.05) is 6.07 Å². The molecule has 0 aliphatic heterocycles. The average Bonchev–Trinajstić information content (AvgIpc) is 2.82. The van der Waals surface area contributed by atoms with E-state index < -0.39 is 0 Å². The minimum atomic E-state index is -0.372. The van der Waals surface area contributed by atoms with Crippen molar-refractivity contribution in [3.63, 3.8) is 0 Å². The molecule has 0 amide bonds. The first-order valence-corrected chi connectivity index (χ1v) is 11.3. The molecule has 0 saturated heterocycles. The molecule has 7 N–H and O–H groups in total. The molecule has 0 radical (unpaired) electrons. The fourth-order valence-electron chi connectivity index (χ4n) is 3.90. The lowest BCUT2D eigenvalue weighted by Crippen LogP contribution is -1.95. The van der Waals surface area contributed by atoms with E-state index in [0.717, 1.165) is 17.2 Å². The Labute approximate surface area is 207 Å². The number of hydrogen-bond donors (Lipinski definition) is 7. The van der Waals surface area contributed by atoms with E-state index in [2.05, 4.69) is 0 Å². The topological polar surface area (TPSA) is 151 Å². The van der Waals surface area contributed by atoms with E-state index in [4.69, 9.17) is 4.74 Å². The minimum Gasteiger partial charge on any atom is -0.508 e. The number of phenolic OH excluding ortho intramolecular Hbond substituents is 7. The third-order valence-electron chi connectivity index (χ3n) is 5.82. The SMILES string of the molecule is Oc1cccc(CCc2cc(Oc3c(O)cc(CCc4ccc(O)c(O)c4)cc3O)c(O)cc2O)c1. The van der Waals surface area contributed by atoms with Crippen LogP contribution in [-0.2, 0) is 25.7 Å². The first-order valence-electron chi connectivity index (χ1n) is 11.3. The first-order chi connectivity index (χ1) is 17.2. The Bertz CT molecular complexity index is 1370. The number of phenols is 7. The van der Waals surface area contributed by atoms with Gasteiger partial charge in [-0.3, -0.25) is 0 Å². The minimum absolute atomic E-state index is 0.0587. The third kappa shape index (κ3) is 5.67. The van der Waals surface area contributed by atoms with E-state index in [0.29, 0.717) is 36.8 Å². The van der Waals surface area contributed by atoms with Crippen LogP contribution in [0.3, 0.4) is 0 Å². The van der Waals surface area contributed by atoms with Crippen molar-refractivity contribution in [1.82, 2.24) is 0 Å². The lowest BCUT2D eigenvalue weighted by atomic mass is 10.0. The zero-order chi connectivity index (χ0) is 25.8. The van der Waals surface area contributed by atoms with Crippen molar-refractivity contribution in [3.05, 3.63) is 89.0 Å². The highest BCUT2D eigenvalue weighted by molar-refractivity contribution is 5.57. The molecular weight excluding hydrogens is 464 g/mol. The Morgan fingerprint density at radius 3 is 1.81 bits per heavy atom. The average molecular weight is 491 g/mol. The van der Waals surface area contributed by atoms with Gasteiger partial charge in [0.25, 0.3) is 0 Å². The van der Waals surface area contributed by atoms with Gasteiger partial charge in [0.2, 0.25) is 5.75 Å². The van der Waals surface area contributed by atoms with E-state index in [-0.39, 0.29) is 51.7 Å².